The van der Waals surface area contributed by atoms with Crippen LogP contribution in [0.1, 0.15) is 32.3 Å². The SMILES string of the molecule is CCC(C)(CCO)NCc1ccccc1OCC#N. The van der Waals surface area contributed by atoms with Gasteiger partial charge in [0.1, 0.15) is 11.8 Å². The third-order valence-electron chi connectivity index (χ3n) is 3.41. The standard InChI is InChI=1S/C15H22N2O2/c1-3-15(2,8-10-18)17-12-13-6-4-5-7-14(13)19-11-9-16/h4-7,17-18H,3,8,10-12H2,1-2H3. The Balaban J connectivity index is 2.69. The fourth-order valence-electron chi connectivity index (χ4n) is 1.85. The van der Waals surface area contributed by atoms with Crippen molar-refractivity contribution in [3.63, 3.8) is 0 Å². The van der Waals surface area contributed by atoms with Crippen LogP contribution in [0.25, 0.3) is 0 Å². The van der Waals surface area contributed by atoms with Crippen molar-refractivity contribution in [1.82, 2.24) is 5.32 Å². The van der Waals surface area contributed by atoms with Crippen molar-refractivity contribution in [1.29, 1.82) is 5.26 Å². The fourth-order valence-corrected chi connectivity index (χ4v) is 1.85. The number of hydrogen-bond donors (Lipinski definition) is 2. The second-order valence-electron chi connectivity index (χ2n) is 4.80. The van der Waals surface area contributed by atoms with E-state index >= 15 is 0 Å². The van der Waals surface area contributed by atoms with Crippen LogP contribution in [-0.2, 0) is 6.54 Å². The van der Waals surface area contributed by atoms with Gasteiger partial charge in [0.25, 0.3) is 0 Å². The second-order valence-corrected chi connectivity index (χ2v) is 4.80. The van der Waals surface area contributed by atoms with E-state index < -0.39 is 0 Å². The number of hydrogen-bond acceptors (Lipinski definition) is 4. The van der Waals surface area contributed by atoms with E-state index in [9.17, 15) is 0 Å². The van der Waals surface area contributed by atoms with Crippen LogP contribution in [0.3, 0.4) is 0 Å². The van der Waals surface area contributed by atoms with E-state index in [2.05, 4.69) is 19.2 Å². The molecule has 104 valence electrons. The molecule has 0 fully saturated rings. The lowest BCUT2D eigenvalue weighted by Crippen LogP contribution is -2.42. The molecule has 19 heavy (non-hydrogen) atoms. The summed E-state index contributed by atoms with van der Waals surface area (Å²) in [6.07, 6.45) is 1.65. The van der Waals surface area contributed by atoms with E-state index in [1.165, 1.54) is 0 Å². The van der Waals surface area contributed by atoms with Crippen LogP contribution >= 0.6 is 0 Å². The van der Waals surface area contributed by atoms with E-state index in [0.29, 0.717) is 13.0 Å². The summed E-state index contributed by atoms with van der Waals surface area (Å²) in [5.74, 6) is 0.735. The molecule has 0 aliphatic carbocycles. The van der Waals surface area contributed by atoms with Gasteiger partial charge in [-0.3, -0.25) is 0 Å². The first-order valence-electron chi connectivity index (χ1n) is 6.58. The van der Waals surface area contributed by atoms with Crippen molar-refractivity contribution in [2.24, 2.45) is 0 Å². The van der Waals surface area contributed by atoms with Gasteiger partial charge in [0.15, 0.2) is 6.61 Å². The lowest BCUT2D eigenvalue weighted by Gasteiger charge is -2.29. The number of nitrogens with zero attached hydrogens (tertiary/aromatic N) is 1. The van der Waals surface area contributed by atoms with Crippen LogP contribution in [0, 0.1) is 11.3 Å². The molecule has 4 nitrogen and oxygen atoms in total. The summed E-state index contributed by atoms with van der Waals surface area (Å²) in [4.78, 5) is 0. The highest BCUT2D eigenvalue weighted by Gasteiger charge is 2.20. The Labute approximate surface area is 115 Å². The summed E-state index contributed by atoms with van der Waals surface area (Å²) >= 11 is 0. The molecule has 4 heteroatoms. The largest absolute Gasteiger partial charge is 0.478 e. The highest BCUT2D eigenvalue weighted by molar-refractivity contribution is 5.33. The quantitative estimate of drug-likeness (QED) is 0.754. The monoisotopic (exact) mass is 262 g/mol. The molecule has 0 spiro atoms. The Kier molecular flexibility index (Phi) is 6.34. The summed E-state index contributed by atoms with van der Waals surface area (Å²) in [6.45, 7) is 5.08. The van der Waals surface area contributed by atoms with Crippen molar-refractivity contribution >= 4 is 0 Å². The summed E-state index contributed by atoms with van der Waals surface area (Å²) < 4.78 is 5.39. The lowest BCUT2D eigenvalue weighted by atomic mass is 9.94. The van der Waals surface area contributed by atoms with Crippen LogP contribution in [0.4, 0.5) is 0 Å². The van der Waals surface area contributed by atoms with Gasteiger partial charge in [0, 0.05) is 24.3 Å². The summed E-state index contributed by atoms with van der Waals surface area (Å²) in [5, 5.41) is 21.1. The number of nitriles is 1. The van der Waals surface area contributed by atoms with Crippen molar-refractivity contribution in [3.8, 4) is 11.8 Å². The minimum atomic E-state index is -0.0862. The van der Waals surface area contributed by atoms with Gasteiger partial charge in [-0.1, -0.05) is 25.1 Å². The molecular weight excluding hydrogens is 240 g/mol. The Morgan fingerprint density at radius 3 is 2.79 bits per heavy atom. The average molecular weight is 262 g/mol. The first kappa shape index (κ1) is 15.5. The Morgan fingerprint density at radius 1 is 1.42 bits per heavy atom. The Morgan fingerprint density at radius 2 is 2.16 bits per heavy atom. The summed E-state index contributed by atoms with van der Waals surface area (Å²) in [6, 6.07) is 9.66. The number of ether oxygens (including phenoxy) is 1. The molecule has 1 unspecified atom stereocenters. The maximum atomic E-state index is 9.10. The molecule has 0 aliphatic heterocycles. The van der Waals surface area contributed by atoms with Crippen molar-refractivity contribution < 1.29 is 9.84 Å². The molecule has 0 heterocycles. The molecule has 1 atom stereocenters. The molecule has 1 aromatic carbocycles. The molecule has 1 aromatic rings. The zero-order chi connectivity index (χ0) is 14.1. The zero-order valence-corrected chi connectivity index (χ0v) is 11.6. The molecule has 2 N–H and O–H groups in total. The third kappa shape index (κ3) is 4.90. The summed E-state index contributed by atoms with van der Waals surface area (Å²) in [5.41, 5.74) is 0.937. The number of aliphatic hydroxyl groups is 1. The van der Waals surface area contributed by atoms with Gasteiger partial charge < -0.3 is 15.2 Å². The summed E-state index contributed by atoms with van der Waals surface area (Å²) in [7, 11) is 0. The normalized spacial score (nSPS) is 13.6. The predicted octanol–water partition coefficient (Wildman–Crippen LogP) is 2.23. The van der Waals surface area contributed by atoms with Gasteiger partial charge in [0.05, 0.1) is 0 Å². The number of benzene rings is 1. The molecule has 0 aromatic heterocycles. The minimum absolute atomic E-state index is 0.0543. The minimum Gasteiger partial charge on any atom is -0.478 e. The number of nitrogens with one attached hydrogen (secondary N) is 1. The van der Waals surface area contributed by atoms with E-state index in [4.69, 9.17) is 15.1 Å². The van der Waals surface area contributed by atoms with E-state index in [0.717, 1.165) is 17.7 Å². The van der Waals surface area contributed by atoms with Crippen molar-refractivity contribution in [3.05, 3.63) is 29.8 Å². The Bertz CT molecular complexity index is 428. The van der Waals surface area contributed by atoms with Crippen LogP contribution < -0.4 is 10.1 Å². The highest BCUT2D eigenvalue weighted by Crippen LogP contribution is 2.20. The van der Waals surface area contributed by atoms with Gasteiger partial charge in [-0.2, -0.15) is 5.26 Å². The predicted molar refractivity (Wildman–Crippen MR) is 74.8 cm³/mol. The van der Waals surface area contributed by atoms with Gasteiger partial charge in [-0.25, -0.2) is 0 Å². The first-order valence-corrected chi connectivity index (χ1v) is 6.58. The van der Waals surface area contributed by atoms with Gasteiger partial charge in [-0.05, 0) is 25.8 Å². The molecule has 0 saturated heterocycles. The first-order chi connectivity index (χ1) is 9.15. The van der Waals surface area contributed by atoms with Gasteiger partial charge in [-0.15, -0.1) is 0 Å². The van der Waals surface area contributed by atoms with Crippen molar-refractivity contribution in [2.45, 2.75) is 38.8 Å². The van der Waals surface area contributed by atoms with Crippen LogP contribution in [0.2, 0.25) is 0 Å². The molecule has 0 saturated carbocycles. The molecule has 0 aliphatic rings. The van der Waals surface area contributed by atoms with Crippen molar-refractivity contribution in [2.75, 3.05) is 13.2 Å². The number of rotatable bonds is 8. The highest BCUT2D eigenvalue weighted by atomic mass is 16.5. The average Bonchev–Trinajstić information content (AvgIpc) is 2.44. The fraction of sp³-hybridized carbons (Fsp3) is 0.533. The van der Waals surface area contributed by atoms with Crippen LogP contribution in [0.5, 0.6) is 5.75 Å². The molecular formula is C15H22N2O2. The van der Waals surface area contributed by atoms with Crippen LogP contribution in [0.15, 0.2) is 24.3 Å². The van der Waals surface area contributed by atoms with Gasteiger partial charge >= 0.3 is 0 Å². The van der Waals surface area contributed by atoms with E-state index in [1.807, 2.05) is 30.3 Å². The lowest BCUT2D eigenvalue weighted by molar-refractivity contribution is 0.214. The molecule has 0 radical (unpaired) electrons. The number of aliphatic hydroxyl groups excluding tert-OH is 1. The molecule has 1 rings (SSSR count). The maximum Gasteiger partial charge on any atom is 0.174 e. The Hall–Kier alpha value is -1.57. The molecule has 0 amide bonds. The smallest absolute Gasteiger partial charge is 0.174 e. The topological polar surface area (TPSA) is 65.3 Å². The van der Waals surface area contributed by atoms with Crippen LogP contribution in [-0.4, -0.2) is 23.9 Å². The number of para-hydroxylation sites is 1. The van der Waals surface area contributed by atoms with E-state index in [1.54, 1.807) is 0 Å². The second kappa shape index (κ2) is 7.78. The third-order valence-corrected chi connectivity index (χ3v) is 3.41. The van der Waals surface area contributed by atoms with E-state index in [-0.39, 0.29) is 18.8 Å². The van der Waals surface area contributed by atoms with Gasteiger partial charge in [0.2, 0.25) is 0 Å². The maximum absolute atomic E-state index is 9.10. The zero-order valence-electron chi connectivity index (χ0n) is 11.6. The molecule has 0 bridgehead atoms.